The molecule has 4 aromatic carbocycles. The van der Waals surface area contributed by atoms with Gasteiger partial charge < -0.3 is 10.2 Å². The Bertz CT molecular complexity index is 1660. The Hall–Kier alpha value is -5.38. The summed E-state index contributed by atoms with van der Waals surface area (Å²) in [6, 6.07) is 22.0. The van der Waals surface area contributed by atoms with Crippen LogP contribution in [0.15, 0.2) is 94.9 Å². The van der Waals surface area contributed by atoms with Crippen LogP contribution in [0, 0.1) is 20.2 Å². The molecule has 2 atom stereocenters. The molecule has 4 aromatic rings. The van der Waals surface area contributed by atoms with Gasteiger partial charge in [-0.25, -0.2) is 0 Å². The lowest BCUT2D eigenvalue weighted by Gasteiger charge is -2.28. The summed E-state index contributed by atoms with van der Waals surface area (Å²) in [7, 11) is 0. The molecule has 0 fully saturated rings. The number of hydrogen-bond acceptors (Lipinski definition) is 8. The summed E-state index contributed by atoms with van der Waals surface area (Å²) in [6.45, 7) is 10.9. The fourth-order valence-corrected chi connectivity index (χ4v) is 5.11. The van der Waals surface area contributed by atoms with Crippen LogP contribution in [0.3, 0.4) is 0 Å². The third kappa shape index (κ3) is 7.63. The Kier molecular flexibility index (Phi) is 9.70. The fraction of sp³-hybridized carbons (Fsp3) is 0.278. The van der Waals surface area contributed by atoms with Gasteiger partial charge >= 0.3 is 0 Å². The van der Waals surface area contributed by atoms with Gasteiger partial charge in [-0.05, 0) is 44.2 Å². The van der Waals surface area contributed by atoms with E-state index in [2.05, 4.69) is 0 Å². The van der Waals surface area contributed by atoms with Gasteiger partial charge in [0.25, 0.3) is 11.4 Å². The fourth-order valence-electron chi connectivity index (χ4n) is 5.11. The topological polar surface area (TPSA) is 157 Å². The largest absolute Gasteiger partial charge is 0.872 e. The van der Waals surface area contributed by atoms with Gasteiger partial charge in [-0.15, -0.1) is 0 Å². The van der Waals surface area contributed by atoms with Crippen molar-refractivity contribution in [1.82, 2.24) is 0 Å². The van der Waals surface area contributed by atoms with Gasteiger partial charge in [-0.3, -0.25) is 30.2 Å². The lowest BCUT2D eigenvalue weighted by Crippen LogP contribution is -2.17. The molecule has 238 valence electrons. The number of aliphatic imine (C=N–C) groups is 2. The molecule has 0 spiro atoms. The number of nitrogens with zero attached hydrogens (tertiary/aromatic N) is 4. The van der Waals surface area contributed by atoms with Crippen LogP contribution in [0.5, 0.6) is 11.5 Å². The average Bonchev–Trinajstić information content (AvgIpc) is 2.99. The number of rotatable bonds is 9. The molecule has 0 bridgehead atoms. The van der Waals surface area contributed by atoms with Gasteiger partial charge in [0.1, 0.15) is 12.1 Å². The normalized spacial score (nSPS) is 13.6. The van der Waals surface area contributed by atoms with Crippen LogP contribution in [0.2, 0.25) is 0 Å². The van der Waals surface area contributed by atoms with Crippen molar-refractivity contribution in [3.05, 3.63) is 139 Å². The highest BCUT2D eigenvalue weighted by molar-refractivity contribution is 5.87. The predicted molar refractivity (Wildman–Crippen MR) is 176 cm³/mol. The molecule has 10 heteroatoms. The van der Waals surface area contributed by atoms with Gasteiger partial charge in [-0.1, -0.05) is 114 Å². The molecule has 0 aliphatic rings. The van der Waals surface area contributed by atoms with E-state index in [-0.39, 0.29) is 34.0 Å². The average molecular weight is 621 g/mol. The Labute approximate surface area is 268 Å². The minimum atomic E-state index is -0.743. The maximum atomic E-state index is 13.5. The lowest BCUT2D eigenvalue weighted by molar-refractivity contribution is -0.385. The van der Waals surface area contributed by atoms with Crippen LogP contribution in [0.4, 0.5) is 11.4 Å². The van der Waals surface area contributed by atoms with E-state index in [1.165, 1.54) is 36.7 Å². The highest BCUT2D eigenvalue weighted by Crippen LogP contribution is 2.39. The first-order chi connectivity index (χ1) is 21.6. The summed E-state index contributed by atoms with van der Waals surface area (Å²) in [6.07, 6.45) is 2.69. The van der Waals surface area contributed by atoms with Gasteiger partial charge in [0.05, 0.1) is 9.85 Å². The molecule has 0 aromatic heterocycles. The highest BCUT2D eigenvalue weighted by atomic mass is 16.6. The van der Waals surface area contributed by atoms with Crippen LogP contribution >= 0.6 is 0 Å². The second-order valence-corrected chi connectivity index (χ2v) is 13.1. The lowest BCUT2D eigenvalue weighted by atomic mass is 9.85. The number of benzene rings is 4. The third-order valence-electron chi connectivity index (χ3n) is 7.57. The number of nitro benzene ring substituents is 2. The van der Waals surface area contributed by atoms with Crippen molar-refractivity contribution in [1.29, 1.82) is 0 Å². The summed E-state index contributed by atoms with van der Waals surface area (Å²) >= 11 is 0. The van der Waals surface area contributed by atoms with Crippen molar-refractivity contribution in [2.24, 2.45) is 9.98 Å². The van der Waals surface area contributed by atoms with Crippen molar-refractivity contribution in [2.75, 3.05) is 0 Å². The second kappa shape index (κ2) is 13.3. The standard InChI is InChI=1S/C36H38N4O6/c1-35(2,3)29-19-27(39(43)44)17-25(33(29)41)21-37-31(23-13-9-7-10-14-23)32(24-15-11-8-12-16-24)38-22-26-18-28(40(45)46)20-30(34(26)42)36(4,5)6/h7-22,31-32,41-42H,1-6H3/p-2/t31-,32-/m1/s1. The molecule has 46 heavy (non-hydrogen) atoms. The van der Waals surface area contributed by atoms with Gasteiger partial charge in [0.2, 0.25) is 0 Å². The minimum Gasteiger partial charge on any atom is -0.872 e. The van der Waals surface area contributed by atoms with Crippen molar-refractivity contribution in [3.63, 3.8) is 0 Å². The van der Waals surface area contributed by atoms with Crippen molar-refractivity contribution < 1.29 is 20.1 Å². The quantitative estimate of drug-likeness (QED) is 0.109. The SMILES string of the molecule is CC(C)(C)c1cc([N+](=O)[O-])cc(C=N[C@H](c2ccccc2)[C@H](N=Cc2cc([N+](=O)[O-])cc(C(C)(C)C)c2[O-])c2ccccc2)c1[O-]. The molecule has 0 radical (unpaired) electrons. The smallest absolute Gasteiger partial charge is 0.270 e. The van der Waals surface area contributed by atoms with Crippen molar-refractivity contribution in [2.45, 2.75) is 64.5 Å². The van der Waals surface area contributed by atoms with Gasteiger partial charge in [0.15, 0.2) is 0 Å². The summed E-state index contributed by atoms with van der Waals surface area (Å²) in [5, 5.41) is 50.5. The molecule has 0 aliphatic carbocycles. The Morgan fingerprint density at radius 1 is 0.587 bits per heavy atom. The van der Waals surface area contributed by atoms with Gasteiger partial charge in [0, 0.05) is 36.7 Å². The van der Waals surface area contributed by atoms with E-state index in [4.69, 9.17) is 9.98 Å². The molecule has 0 aliphatic heterocycles. The zero-order chi connectivity index (χ0) is 33.8. The van der Waals surface area contributed by atoms with E-state index in [9.17, 15) is 30.4 Å². The van der Waals surface area contributed by atoms with E-state index in [1.54, 1.807) is 0 Å². The van der Waals surface area contributed by atoms with Crippen molar-refractivity contribution >= 4 is 23.8 Å². The first-order valence-electron chi connectivity index (χ1n) is 14.7. The van der Waals surface area contributed by atoms with Crippen LogP contribution in [0.1, 0.15) is 87.0 Å². The monoisotopic (exact) mass is 620 g/mol. The summed E-state index contributed by atoms with van der Waals surface area (Å²) in [5.74, 6) is -0.730. The molecular formula is C36H36N4O6-2. The van der Waals surface area contributed by atoms with E-state index < -0.39 is 32.8 Å². The molecule has 0 saturated heterocycles. The summed E-state index contributed by atoms with van der Waals surface area (Å²) < 4.78 is 0. The third-order valence-corrected chi connectivity index (χ3v) is 7.57. The number of nitro groups is 2. The molecule has 0 heterocycles. The van der Waals surface area contributed by atoms with Crippen molar-refractivity contribution in [3.8, 4) is 11.5 Å². The van der Waals surface area contributed by atoms with Crippen LogP contribution < -0.4 is 10.2 Å². The second-order valence-electron chi connectivity index (χ2n) is 13.1. The Balaban J connectivity index is 1.93. The molecule has 0 N–H and O–H groups in total. The minimum absolute atomic E-state index is 0.0613. The van der Waals surface area contributed by atoms with E-state index in [1.807, 2.05) is 102 Å². The maximum Gasteiger partial charge on any atom is 0.270 e. The Morgan fingerprint density at radius 3 is 1.20 bits per heavy atom. The number of hydrogen-bond donors (Lipinski definition) is 0. The van der Waals surface area contributed by atoms with Crippen LogP contribution in [0.25, 0.3) is 0 Å². The first kappa shape index (κ1) is 33.5. The molecule has 4 rings (SSSR count). The molecule has 0 unspecified atom stereocenters. The molecule has 0 saturated carbocycles. The highest BCUT2D eigenvalue weighted by Gasteiger charge is 2.26. The van der Waals surface area contributed by atoms with Gasteiger partial charge in [-0.2, -0.15) is 0 Å². The zero-order valence-electron chi connectivity index (χ0n) is 26.6. The molecule has 0 amide bonds. The van der Waals surface area contributed by atoms with E-state index in [0.717, 1.165) is 11.1 Å². The van der Waals surface area contributed by atoms with Crippen LogP contribution in [-0.4, -0.2) is 22.3 Å². The maximum absolute atomic E-state index is 13.5. The van der Waals surface area contributed by atoms with E-state index in [0.29, 0.717) is 11.1 Å². The summed E-state index contributed by atoms with van der Waals surface area (Å²) in [4.78, 5) is 32.1. The molecular weight excluding hydrogens is 584 g/mol. The van der Waals surface area contributed by atoms with Crippen LogP contribution in [-0.2, 0) is 10.8 Å². The van der Waals surface area contributed by atoms with E-state index >= 15 is 0 Å². The first-order valence-corrected chi connectivity index (χ1v) is 14.7. The zero-order valence-corrected chi connectivity index (χ0v) is 26.6. The molecule has 10 nitrogen and oxygen atoms in total. The summed E-state index contributed by atoms with van der Waals surface area (Å²) in [5.41, 5.74) is 0.429. The number of non-ortho nitro benzene ring substituents is 2. The Morgan fingerprint density at radius 2 is 0.913 bits per heavy atom. The predicted octanol–water partition coefficient (Wildman–Crippen LogP) is 7.27.